The first kappa shape index (κ1) is 15.3. The first-order valence-electron chi connectivity index (χ1n) is 6.55. The molecule has 5 nitrogen and oxygen atoms in total. The summed E-state index contributed by atoms with van der Waals surface area (Å²) in [5, 5.41) is 3.83. The Balaban J connectivity index is 1.81. The van der Waals surface area contributed by atoms with Crippen LogP contribution in [-0.2, 0) is 11.2 Å². The van der Waals surface area contributed by atoms with Gasteiger partial charge in [0.05, 0.1) is 16.4 Å². The predicted octanol–water partition coefficient (Wildman–Crippen LogP) is 2.87. The fraction of sp³-hybridized carbons (Fsp3) is 0.200. The normalized spacial score (nSPS) is 10.8. The summed E-state index contributed by atoms with van der Waals surface area (Å²) < 4.78 is 6.28. The molecule has 1 aromatic heterocycles. The number of hydrazone groups is 1. The molecule has 2 aromatic rings. The Kier molecular flexibility index (Phi) is 5.57. The van der Waals surface area contributed by atoms with Crippen molar-refractivity contribution in [3.8, 4) is 5.75 Å². The molecule has 0 saturated heterocycles. The molecule has 1 aromatic carbocycles. The third kappa shape index (κ3) is 4.75. The fourth-order valence-electron chi connectivity index (χ4n) is 1.66. The molecule has 0 unspecified atom stereocenters. The number of aromatic nitrogens is 1. The van der Waals surface area contributed by atoms with Gasteiger partial charge in [-0.15, -0.1) is 0 Å². The van der Waals surface area contributed by atoms with E-state index in [1.165, 1.54) is 11.8 Å². The smallest absolute Gasteiger partial charge is 0.277 e. The van der Waals surface area contributed by atoms with Gasteiger partial charge in [0.25, 0.3) is 5.91 Å². The Morgan fingerprint density at radius 2 is 2.33 bits per heavy atom. The van der Waals surface area contributed by atoms with Gasteiger partial charge in [0.15, 0.2) is 6.61 Å². The number of amides is 1. The topological polar surface area (TPSA) is 66.5 Å². The molecule has 0 aliphatic carbocycles. The molecule has 0 atom stereocenters. The summed E-state index contributed by atoms with van der Waals surface area (Å²) in [6, 6.07) is 9.50. The predicted molar refractivity (Wildman–Crippen MR) is 85.5 cm³/mol. The molecule has 1 heterocycles. The average molecular weight is 350 g/mol. The van der Waals surface area contributed by atoms with Crippen LogP contribution in [0.1, 0.15) is 18.2 Å². The summed E-state index contributed by atoms with van der Waals surface area (Å²) in [6.07, 6.45) is 4.26. The quantitative estimate of drug-likeness (QED) is 0.622. The van der Waals surface area contributed by atoms with Crippen molar-refractivity contribution in [3.63, 3.8) is 0 Å². The third-order valence-corrected chi connectivity index (χ3v) is 3.40. The number of aromatic amines is 1. The molecule has 0 aliphatic rings. The zero-order valence-corrected chi connectivity index (χ0v) is 13.2. The fourth-order valence-corrected chi connectivity index (χ4v) is 2.20. The van der Waals surface area contributed by atoms with E-state index in [4.69, 9.17) is 4.74 Å². The van der Waals surface area contributed by atoms with Crippen LogP contribution >= 0.6 is 15.9 Å². The van der Waals surface area contributed by atoms with Crippen molar-refractivity contribution in [1.29, 1.82) is 0 Å². The number of rotatable bonds is 6. The lowest BCUT2D eigenvalue weighted by Gasteiger charge is -2.08. The van der Waals surface area contributed by atoms with Crippen LogP contribution in [0.15, 0.2) is 46.1 Å². The number of hydrogen-bond acceptors (Lipinski definition) is 3. The lowest BCUT2D eigenvalue weighted by molar-refractivity contribution is -0.123. The Morgan fingerprint density at radius 1 is 1.48 bits per heavy atom. The highest BCUT2D eigenvalue weighted by Gasteiger charge is 2.05. The van der Waals surface area contributed by atoms with E-state index < -0.39 is 0 Å². The average Bonchev–Trinajstić information content (AvgIpc) is 2.99. The Hall–Kier alpha value is -2.08. The second-order valence-corrected chi connectivity index (χ2v) is 5.18. The zero-order valence-electron chi connectivity index (χ0n) is 11.6. The van der Waals surface area contributed by atoms with Crippen LogP contribution in [0, 0.1) is 0 Å². The molecule has 0 aliphatic heterocycles. The van der Waals surface area contributed by atoms with Crippen LogP contribution in [0.5, 0.6) is 5.75 Å². The Bertz CT molecular complexity index is 624. The molecule has 2 N–H and O–H groups in total. The number of halogens is 1. The van der Waals surface area contributed by atoms with E-state index in [9.17, 15) is 4.79 Å². The molecule has 6 heteroatoms. The minimum absolute atomic E-state index is 0.0911. The molecule has 21 heavy (non-hydrogen) atoms. The van der Waals surface area contributed by atoms with E-state index in [-0.39, 0.29) is 12.5 Å². The standard InChI is InChI=1S/C15H16BrN3O2/c1-2-11-5-6-14(13(16)8-11)21-10-15(20)19-18-9-12-4-3-7-17-12/h3-9,17H,2,10H2,1H3,(H,19,20). The molecule has 0 saturated carbocycles. The number of ether oxygens (including phenoxy) is 1. The van der Waals surface area contributed by atoms with Crippen LogP contribution in [0.4, 0.5) is 0 Å². The van der Waals surface area contributed by atoms with Crippen molar-refractivity contribution in [1.82, 2.24) is 10.4 Å². The van der Waals surface area contributed by atoms with Gasteiger partial charge in [-0.1, -0.05) is 13.0 Å². The number of nitrogens with one attached hydrogen (secondary N) is 2. The summed E-state index contributed by atoms with van der Waals surface area (Å²) in [4.78, 5) is 14.6. The first-order valence-corrected chi connectivity index (χ1v) is 7.35. The number of nitrogens with zero attached hydrogens (tertiary/aromatic N) is 1. The van der Waals surface area contributed by atoms with Crippen LogP contribution in [0.25, 0.3) is 0 Å². The summed E-state index contributed by atoms with van der Waals surface area (Å²) in [5.41, 5.74) is 4.42. The second kappa shape index (κ2) is 7.64. The maximum Gasteiger partial charge on any atom is 0.277 e. The largest absolute Gasteiger partial charge is 0.483 e. The van der Waals surface area contributed by atoms with E-state index in [1.807, 2.05) is 30.3 Å². The lowest BCUT2D eigenvalue weighted by Crippen LogP contribution is -2.24. The van der Waals surface area contributed by atoms with Crippen molar-refractivity contribution in [2.45, 2.75) is 13.3 Å². The van der Waals surface area contributed by atoms with E-state index in [0.717, 1.165) is 16.6 Å². The number of carbonyl (C=O) groups excluding carboxylic acids is 1. The summed E-state index contributed by atoms with van der Waals surface area (Å²) >= 11 is 3.43. The van der Waals surface area contributed by atoms with Gasteiger partial charge in [0.1, 0.15) is 5.75 Å². The molecule has 110 valence electrons. The highest BCUT2D eigenvalue weighted by Crippen LogP contribution is 2.26. The van der Waals surface area contributed by atoms with Crippen LogP contribution < -0.4 is 10.2 Å². The Morgan fingerprint density at radius 3 is 3.00 bits per heavy atom. The molecule has 0 bridgehead atoms. The highest BCUT2D eigenvalue weighted by atomic mass is 79.9. The maximum absolute atomic E-state index is 11.6. The van der Waals surface area contributed by atoms with Gasteiger partial charge in [0, 0.05) is 6.20 Å². The number of H-pyrrole nitrogens is 1. The van der Waals surface area contributed by atoms with Crippen LogP contribution in [0.3, 0.4) is 0 Å². The van der Waals surface area contributed by atoms with Gasteiger partial charge < -0.3 is 9.72 Å². The maximum atomic E-state index is 11.6. The van der Waals surface area contributed by atoms with Crippen molar-refractivity contribution in [3.05, 3.63) is 52.3 Å². The summed E-state index contributed by atoms with van der Waals surface area (Å²) in [6.45, 7) is 1.99. The van der Waals surface area contributed by atoms with Gasteiger partial charge in [-0.25, -0.2) is 5.43 Å². The van der Waals surface area contributed by atoms with E-state index in [0.29, 0.717) is 5.75 Å². The van der Waals surface area contributed by atoms with Gasteiger partial charge >= 0.3 is 0 Å². The molecule has 0 fully saturated rings. The van der Waals surface area contributed by atoms with Crippen molar-refractivity contribution >= 4 is 28.1 Å². The van der Waals surface area contributed by atoms with Gasteiger partial charge in [0.2, 0.25) is 0 Å². The third-order valence-electron chi connectivity index (χ3n) is 2.78. The summed E-state index contributed by atoms with van der Waals surface area (Å²) in [7, 11) is 0. The monoisotopic (exact) mass is 349 g/mol. The van der Waals surface area contributed by atoms with Crippen LogP contribution in [0.2, 0.25) is 0 Å². The molecule has 0 spiro atoms. The van der Waals surface area contributed by atoms with Gasteiger partial charge in [-0.3, -0.25) is 4.79 Å². The minimum Gasteiger partial charge on any atom is -0.483 e. The number of hydrogen-bond donors (Lipinski definition) is 2. The molecule has 2 rings (SSSR count). The van der Waals surface area contributed by atoms with Crippen molar-refractivity contribution < 1.29 is 9.53 Å². The first-order chi connectivity index (χ1) is 10.2. The van der Waals surface area contributed by atoms with Gasteiger partial charge in [-0.2, -0.15) is 5.10 Å². The number of carbonyl (C=O) groups is 1. The SMILES string of the molecule is CCc1ccc(OCC(=O)NN=Cc2ccc[nH]2)c(Br)c1. The number of benzene rings is 1. The second-order valence-electron chi connectivity index (χ2n) is 4.33. The molecule has 0 radical (unpaired) electrons. The molecular formula is C15H16BrN3O2. The lowest BCUT2D eigenvalue weighted by atomic mass is 10.2. The number of aryl methyl sites for hydroxylation is 1. The zero-order chi connectivity index (χ0) is 15.1. The van der Waals surface area contributed by atoms with E-state index in [2.05, 4.69) is 38.4 Å². The summed E-state index contributed by atoms with van der Waals surface area (Å²) in [5.74, 6) is 0.319. The van der Waals surface area contributed by atoms with Crippen LogP contribution in [-0.4, -0.2) is 23.7 Å². The minimum atomic E-state index is -0.315. The Labute approximate surface area is 131 Å². The molecule has 1 amide bonds. The van der Waals surface area contributed by atoms with E-state index in [1.54, 1.807) is 6.20 Å². The van der Waals surface area contributed by atoms with Crippen molar-refractivity contribution in [2.24, 2.45) is 5.10 Å². The highest BCUT2D eigenvalue weighted by molar-refractivity contribution is 9.10. The van der Waals surface area contributed by atoms with E-state index >= 15 is 0 Å². The van der Waals surface area contributed by atoms with Crippen molar-refractivity contribution in [2.75, 3.05) is 6.61 Å². The van der Waals surface area contributed by atoms with Gasteiger partial charge in [-0.05, 0) is 52.2 Å². The molecular weight excluding hydrogens is 334 g/mol.